The molecular formula is C18H9Br2NO2. The van der Waals surface area contributed by atoms with Crippen molar-refractivity contribution in [2.45, 2.75) is 0 Å². The summed E-state index contributed by atoms with van der Waals surface area (Å²) >= 11 is 6.85. The van der Waals surface area contributed by atoms with Crippen molar-refractivity contribution in [2.75, 3.05) is 4.90 Å². The standard InChI is InChI=1S/C18H9Br2NO2/c19-10-4-6-11(7-5-10)21-17(22)13-3-1-2-12-15(20)9-8-14(16(12)13)18(21)23/h1-9H. The fraction of sp³-hybridized carbons (Fsp3) is 0. The first kappa shape index (κ1) is 14.6. The molecule has 3 aromatic rings. The van der Waals surface area contributed by atoms with Gasteiger partial charge in [-0.05, 0) is 47.9 Å². The van der Waals surface area contributed by atoms with E-state index in [1.165, 1.54) is 4.90 Å². The molecule has 3 nitrogen and oxygen atoms in total. The van der Waals surface area contributed by atoms with Crippen molar-refractivity contribution in [3.8, 4) is 0 Å². The van der Waals surface area contributed by atoms with E-state index in [4.69, 9.17) is 0 Å². The number of rotatable bonds is 1. The molecule has 112 valence electrons. The fourth-order valence-corrected chi connectivity index (χ4v) is 3.61. The van der Waals surface area contributed by atoms with E-state index in [0.717, 1.165) is 14.3 Å². The van der Waals surface area contributed by atoms with Gasteiger partial charge in [-0.15, -0.1) is 0 Å². The maximum atomic E-state index is 12.9. The van der Waals surface area contributed by atoms with Crippen molar-refractivity contribution < 1.29 is 9.59 Å². The molecule has 0 unspecified atom stereocenters. The van der Waals surface area contributed by atoms with E-state index in [1.54, 1.807) is 24.3 Å². The number of carbonyl (C=O) groups is 2. The fourth-order valence-electron chi connectivity index (χ4n) is 2.89. The van der Waals surface area contributed by atoms with Gasteiger partial charge >= 0.3 is 0 Å². The molecular weight excluding hydrogens is 422 g/mol. The van der Waals surface area contributed by atoms with Crippen LogP contribution in [0.15, 0.2) is 63.5 Å². The highest BCUT2D eigenvalue weighted by Gasteiger charge is 2.34. The van der Waals surface area contributed by atoms with Gasteiger partial charge in [-0.2, -0.15) is 0 Å². The molecule has 0 saturated heterocycles. The lowest BCUT2D eigenvalue weighted by molar-refractivity contribution is 0.0893. The number of anilines is 1. The monoisotopic (exact) mass is 429 g/mol. The van der Waals surface area contributed by atoms with Crippen molar-refractivity contribution in [3.63, 3.8) is 0 Å². The summed E-state index contributed by atoms with van der Waals surface area (Å²) in [5.41, 5.74) is 1.65. The van der Waals surface area contributed by atoms with Crippen LogP contribution in [0.25, 0.3) is 10.8 Å². The van der Waals surface area contributed by atoms with Crippen LogP contribution in [0.3, 0.4) is 0 Å². The predicted octanol–water partition coefficient (Wildman–Crippen LogP) is 5.17. The highest BCUT2D eigenvalue weighted by molar-refractivity contribution is 9.11. The summed E-state index contributed by atoms with van der Waals surface area (Å²) in [5.74, 6) is -0.595. The second-order valence-corrected chi connectivity index (χ2v) is 7.02. The molecule has 0 radical (unpaired) electrons. The molecule has 0 aromatic heterocycles. The van der Waals surface area contributed by atoms with Gasteiger partial charge in [0.1, 0.15) is 0 Å². The molecule has 1 heterocycles. The third kappa shape index (κ3) is 2.15. The van der Waals surface area contributed by atoms with Crippen molar-refractivity contribution in [1.82, 2.24) is 0 Å². The van der Waals surface area contributed by atoms with Crippen LogP contribution >= 0.6 is 31.9 Å². The van der Waals surface area contributed by atoms with Crippen molar-refractivity contribution >= 4 is 60.1 Å². The lowest BCUT2D eigenvalue weighted by atomic mass is 9.94. The Hall–Kier alpha value is -1.98. The molecule has 0 fully saturated rings. The maximum absolute atomic E-state index is 12.9. The summed E-state index contributed by atoms with van der Waals surface area (Å²) in [5, 5.41) is 1.59. The van der Waals surface area contributed by atoms with Crippen LogP contribution in [0.1, 0.15) is 20.7 Å². The molecule has 1 aliphatic heterocycles. The third-order valence-corrected chi connectivity index (χ3v) is 5.16. The third-order valence-electron chi connectivity index (χ3n) is 3.94. The van der Waals surface area contributed by atoms with E-state index in [-0.39, 0.29) is 11.8 Å². The van der Waals surface area contributed by atoms with Crippen LogP contribution in [-0.4, -0.2) is 11.8 Å². The van der Waals surface area contributed by atoms with Crippen LogP contribution in [0, 0.1) is 0 Å². The molecule has 0 aliphatic carbocycles. The number of halogens is 2. The van der Waals surface area contributed by atoms with Crippen LogP contribution in [0.2, 0.25) is 0 Å². The van der Waals surface area contributed by atoms with E-state index in [1.807, 2.05) is 30.3 Å². The second kappa shape index (κ2) is 5.28. The quantitative estimate of drug-likeness (QED) is 0.499. The number of imide groups is 1. The van der Waals surface area contributed by atoms with Gasteiger partial charge in [-0.1, -0.05) is 44.0 Å². The van der Waals surface area contributed by atoms with Gasteiger partial charge < -0.3 is 0 Å². The summed E-state index contributed by atoms with van der Waals surface area (Å²) in [4.78, 5) is 27.0. The SMILES string of the molecule is O=C1c2cccc3c(Br)ccc(c23)C(=O)N1c1ccc(Br)cc1. The molecule has 3 aromatic carbocycles. The average molecular weight is 431 g/mol. The van der Waals surface area contributed by atoms with Gasteiger partial charge in [-0.25, -0.2) is 4.90 Å². The number of nitrogens with zero attached hydrogens (tertiary/aromatic N) is 1. The summed E-state index contributed by atoms with van der Waals surface area (Å²) in [7, 11) is 0. The molecule has 0 bridgehead atoms. The number of hydrogen-bond donors (Lipinski definition) is 0. The number of benzene rings is 3. The van der Waals surface area contributed by atoms with Crippen LogP contribution in [0.4, 0.5) is 5.69 Å². The van der Waals surface area contributed by atoms with E-state index < -0.39 is 0 Å². The van der Waals surface area contributed by atoms with Crippen LogP contribution < -0.4 is 4.90 Å². The van der Waals surface area contributed by atoms with Gasteiger partial charge in [-0.3, -0.25) is 9.59 Å². The first-order chi connectivity index (χ1) is 11.1. The second-order valence-electron chi connectivity index (χ2n) is 5.25. The van der Waals surface area contributed by atoms with E-state index in [2.05, 4.69) is 31.9 Å². The summed E-state index contributed by atoms with van der Waals surface area (Å²) in [6.45, 7) is 0. The number of carbonyl (C=O) groups excluding carboxylic acids is 2. The summed E-state index contributed by atoms with van der Waals surface area (Å²) in [6.07, 6.45) is 0. The Morgan fingerprint density at radius 3 is 2.09 bits per heavy atom. The Kier molecular flexibility index (Phi) is 3.36. The van der Waals surface area contributed by atoms with Crippen LogP contribution in [-0.2, 0) is 0 Å². The molecule has 0 N–H and O–H groups in total. The van der Waals surface area contributed by atoms with Gasteiger partial charge in [0, 0.05) is 25.5 Å². The Balaban J connectivity index is 1.99. The molecule has 2 amide bonds. The minimum absolute atomic E-state index is 0.298. The van der Waals surface area contributed by atoms with Gasteiger partial charge in [0.2, 0.25) is 0 Å². The normalized spacial score (nSPS) is 13.7. The first-order valence-electron chi connectivity index (χ1n) is 6.93. The minimum Gasteiger partial charge on any atom is -0.268 e. The Morgan fingerprint density at radius 1 is 0.739 bits per heavy atom. The Bertz CT molecular complexity index is 958. The Labute approximate surface area is 149 Å². The zero-order valence-electron chi connectivity index (χ0n) is 11.7. The first-order valence-corrected chi connectivity index (χ1v) is 8.52. The molecule has 5 heteroatoms. The predicted molar refractivity (Wildman–Crippen MR) is 96.9 cm³/mol. The van der Waals surface area contributed by atoms with Crippen molar-refractivity contribution in [2.24, 2.45) is 0 Å². The highest BCUT2D eigenvalue weighted by atomic mass is 79.9. The van der Waals surface area contributed by atoms with Gasteiger partial charge in [0.25, 0.3) is 11.8 Å². The average Bonchev–Trinajstić information content (AvgIpc) is 2.56. The largest absolute Gasteiger partial charge is 0.268 e. The molecule has 0 spiro atoms. The topological polar surface area (TPSA) is 37.4 Å². The zero-order chi connectivity index (χ0) is 16.1. The molecule has 4 rings (SSSR count). The van der Waals surface area contributed by atoms with Gasteiger partial charge in [0.05, 0.1) is 5.69 Å². The smallest absolute Gasteiger partial charge is 0.265 e. The molecule has 0 saturated carbocycles. The zero-order valence-corrected chi connectivity index (χ0v) is 14.9. The lowest BCUT2D eigenvalue weighted by Crippen LogP contribution is -2.40. The maximum Gasteiger partial charge on any atom is 0.265 e. The lowest BCUT2D eigenvalue weighted by Gasteiger charge is -2.27. The molecule has 0 atom stereocenters. The minimum atomic E-state index is -0.298. The van der Waals surface area contributed by atoms with Gasteiger partial charge in [0.15, 0.2) is 0 Å². The molecule has 1 aliphatic rings. The highest BCUT2D eigenvalue weighted by Crippen LogP contribution is 2.36. The van der Waals surface area contributed by atoms with E-state index in [9.17, 15) is 9.59 Å². The summed E-state index contributed by atoms with van der Waals surface area (Å²) < 4.78 is 1.76. The summed E-state index contributed by atoms with van der Waals surface area (Å²) in [6, 6.07) is 16.2. The van der Waals surface area contributed by atoms with E-state index >= 15 is 0 Å². The molecule has 23 heavy (non-hydrogen) atoms. The van der Waals surface area contributed by atoms with Crippen molar-refractivity contribution in [1.29, 1.82) is 0 Å². The number of hydrogen-bond acceptors (Lipinski definition) is 2. The number of amides is 2. The Morgan fingerprint density at radius 2 is 1.39 bits per heavy atom. The van der Waals surface area contributed by atoms with Crippen molar-refractivity contribution in [3.05, 3.63) is 74.7 Å². The van der Waals surface area contributed by atoms with E-state index in [0.29, 0.717) is 22.2 Å². The van der Waals surface area contributed by atoms with Crippen LogP contribution in [0.5, 0.6) is 0 Å².